The van der Waals surface area contributed by atoms with Crippen molar-refractivity contribution in [2.75, 3.05) is 7.05 Å². The fourth-order valence-corrected chi connectivity index (χ4v) is 2.64. The Morgan fingerprint density at radius 2 is 2.12 bits per heavy atom. The zero-order chi connectivity index (χ0) is 12.1. The number of hydrogen-bond donors (Lipinski definition) is 1. The highest BCUT2D eigenvalue weighted by Crippen LogP contribution is 2.31. The average Bonchev–Trinajstić information content (AvgIpc) is 2.25. The summed E-state index contributed by atoms with van der Waals surface area (Å²) in [5.74, 6) is 0.301. The van der Waals surface area contributed by atoms with Crippen molar-refractivity contribution in [3.8, 4) is 0 Å². The topological polar surface area (TPSA) is 12.0 Å². The summed E-state index contributed by atoms with van der Waals surface area (Å²) in [6.45, 7) is 4.37. The van der Waals surface area contributed by atoms with E-state index in [4.69, 9.17) is 0 Å². The summed E-state index contributed by atoms with van der Waals surface area (Å²) in [6, 6.07) is 5.41. The Labute approximate surface area is 106 Å². The van der Waals surface area contributed by atoms with Gasteiger partial charge in [-0.2, -0.15) is 0 Å². The van der Waals surface area contributed by atoms with Crippen LogP contribution in [0.25, 0.3) is 0 Å². The SMILES string of the molecule is CCCC(C)C(NC)c1cccc(F)c1Br. The molecule has 1 aromatic rings. The maximum absolute atomic E-state index is 13.5. The van der Waals surface area contributed by atoms with Crippen LogP contribution in [0.15, 0.2) is 22.7 Å². The van der Waals surface area contributed by atoms with Crippen molar-refractivity contribution in [2.45, 2.75) is 32.7 Å². The van der Waals surface area contributed by atoms with Crippen molar-refractivity contribution in [3.63, 3.8) is 0 Å². The molecule has 0 aliphatic heterocycles. The van der Waals surface area contributed by atoms with E-state index in [9.17, 15) is 4.39 Å². The van der Waals surface area contributed by atoms with Crippen molar-refractivity contribution in [2.24, 2.45) is 5.92 Å². The second-order valence-electron chi connectivity index (χ2n) is 4.18. The van der Waals surface area contributed by atoms with Crippen molar-refractivity contribution in [3.05, 3.63) is 34.1 Å². The molecule has 2 atom stereocenters. The molecular formula is C13H19BrFN. The fourth-order valence-electron chi connectivity index (χ4n) is 2.13. The van der Waals surface area contributed by atoms with E-state index in [-0.39, 0.29) is 11.9 Å². The summed E-state index contributed by atoms with van der Waals surface area (Å²) in [7, 11) is 1.92. The van der Waals surface area contributed by atoms with Crippen LogP contribution in [0.3, 0.4) is 0 Å². The lowest BCUT2D eigenvalue weighted by molar-refractivity contribution is 0.381. The third-order valence-corrected chi connectivity index (χ3v) is 3.78. The van der Waals surface area contributed by atoms with Crippen LogP contribution in [-0.4, -0.2) is 7.05 Å². The summed E-state index contributed by atoms with van der Waals surface area (Å²) in [5.41, 5.74) is 1.00. The van der Waals surface area contributed by atoms with Gasteiger partial charge in [0.1, 0.15) is 5.82 Å². The molecule has 90 valence electrons. The van der Waals surface area contributed by atoms with Crippen LogP contribution in [0, 0.1) is 11.7 Å². The van der Waals surface area contributed by atoms with Gasteiger partial charge in [-0.25, -0.2) is 4.39 Å². The molecule has 0 aromatic heterocycles. The smallest absolute Gasteiger partial charge is 0.137 e. The van der Waals surface area contributed by atoms with Crippen LogP contribution in [-0.2, 0) is 0 Å². The third kappa shape index (κ3) is 3.05. The number of nitrogens with one attached hydrogen (secondary N) is 1. The van der Waals surface area contributed by atoms with Crippen LogP contribution in [0.4, 0.5) is 4.39 Å². The highest BCUT2D eigenvalue weighted by molar-refractivity contribution is 9.10. The van der Waals surface area contributed by atoms with E-state index in [1.807, 2.05) is 13.1 Å². The molecule has 3 heteroatoms. The molecule has 0 heterocycles. The lowest BCUT2D eigenvalue weighted by Gasteiger charge is -2.24. The number of rotatable bonds is 5. The summed E-state index contributed by atoms with van der Waals surface area (Å²) in [4.78, 5) is 0. The monoisotopic (exact) mass is 287 g/mol. The molecule has 0 bridgehead atoms. The van der Waals surface area contributed by atoms with Gasteiger partial charge in [0, 0.05) is 6.04 Å². The molecule has 0 fully saturated rings. The van der Waals surface area contributed by atoms with E-state index < -0.39 is 0 Å². The maximum Gasteiger partial charge on any atom is 0.137 e. The van der Waals surface area contributed by atoms with Crippen LogP contribution in [0.1, 0.15) is 38.3 Å². The lowest BCUT2D eigenvalue weighted by atomic mass is 9.91. The Kier molecular flexibility index (Phi) is 5.42. The Balaban J connectivity index is 2.99. The zero-order valence-corrected chi connectivity index (χ0v) is 11.6. The van der Waals surface area contributed by atoms with Crippen molar-refractivity contribution in [1.82, 2.24) is 5.32 Å². The quantitative estimate of drug-likeness (QED) is 0.852. The molecule has 0 radical (unpaired) electrons. The van der Waals surface area contributed by atoms with E-state index in [1.54, 1.807) is 6.07 Å². The molecule has 2 unspecified atom stereocenters. The molecule has 0 aliphatic rings. The van der Waals surface area contributed by atoms with Crippen molar-refractivity contribution >= 4 is 15.9 Å². The minimum atomic E-state index is -0.193. The highest BCUT2D eigenvalue weighted by atomic mass is 79.9. The predicted octanol–water partition coefficient (Wildman–Crippen LogP) is 4.28. The third-order valence-electron chi connectivity index (χ3n) is 2.94. The van der Waals surface area contributed by atoms with Gasteiger partial charge in [-0.3, -0.25) is 0 Å². The van der Waals surface area contributed by atoms with Gasteiger partial charge in [0.05, 0.1) is 4.47 Å². The van der Waals surface area contributed by atoms with Gasteiger partial charge >= 0.3 is 0 Å². The van der Waals surface area contributed by atoms with Crippen LogP contribution in [0.5, 0.6) is 0 Å². The first-order valence-corrected chi connectivity index (χ1v) is 6.52. The first-order chi connectivity index (χ1) is 7.61. The lowest BCUT2D eigenvalue weighted by Crippen LogP contribution is -2.24. The van der Waals surface area contributed by atoms with E-state index in [1.165, 1.54) is 6.07 Å². The van der Waals surface area contributed by atoms with Crippen molar-refractivity contribution in [1.29, 1.82) is 0 Å². The van der Waals surface area contributed by atoms with Gasteiger partial charge in [0.2, 0.25) is 0 Å². The second kappa shape index (κ2) is 6.36. The molecule has 1 aromatic carbocycles. The molecule has 16 heavy (non-hydrogen) atoms. The first kappa shape index (κ1) is 13.7. The second-order valence-corrected chi connectivity index (χ2v) is 4.97. The van der Waals surface area contributed by atoms with Crippen molar-refractivity contribution < 1.29 is 4.39 Å². The molecule has 1 rings (SSSR count). The van der Waals surface area contributed by atoms with E-state index in [0.717, 1.165) is 18.4 Å². The summed E-state index contributed by atoms with van der Waals surface area (Å²) >= 11 is 3.33. The predicted molar refractivity (Wildman–Crippen MR) is 70.0 cm³/mol. The zero-order valence-electron chi connectivity index (χ0n) is 10.1. The molecule has 0 amide bonds. The van der Waals surface area contributed by atoms with Gasteiger partial charge < -0.3 is 5.32 Å². The Morgan fingerprint density at radius 1 is 1.44 bits per heavy atom. The average molecular weight is 288 g/mol. The van der Waals surface area contributed by atoms with Crippen LogP contribution >= 0.6 is 15.9 Å². The summed E-state index contributed by atoms with van der Waals surface area (Å²) in [6.07, 6.45) is 2.28. The largest absolute Gasteiger partial charge is 0.313 e. The Morgan fingerprint density at radius 3 is 2.69 bits per heavy atom. The van der Waals surface area contributed by atoms with Gasteiger partial charge in [-0.15, -0.1) is 0 Å². The molecule has 1 nitrogen and oxygen atoms in total. The van der Waals surface area contributed by atoms with Gasteiger partial charge in [-0.1, -0.05) is 32.4 Å². The number of hydrogen-bond acceptors (Lipinski definition) is 1. The van der Waals surface area contributed by atoms with E-state index in [0.29, 0.717) is 10.4 Å². The molecule has 0 spiro atoms. The number of benzene rings is 1. The normalized spacial score (nSPS) is 14.8. The number of halogens is 2. The standard InChI is InChI=1S/C13H19BrFN/c1-4-6-9(2)13(16-3)10-7-5-8-11(15)12(10)14/h5,7-9,13,16H,4,6H2,1-3H3. The van der Waals surface area contributed by atoms with Crippen LogP contribution in [0.2, 0.25) is 0 Å². The molecule has 0 saturated heterocycles. The highest BCUT2D eigenvalue weighted by Gasteiger charge is 2.20. The molecule has 1 N–H and O–H groups in total. The van der Waals surface area contributed by atoms with Crippen LogP contribution < -0.4 is 5.32 Å². The minimum absolute atomic E-state index is 0.193. The van der Waals surface area contributed by atoms with Gasteiger partial charge in [0.15, 0.2) is 0 Å². The summed E-state index contributed by atoms with van der Waals surface area (Å²) in [5, 5.41) is 3.27. The van der Waals surface area contributed by atoms with Gasteiger partial charge in [-0.05, 0) is 46.9 Å². The van der Waals surface area contributed by atoms with E-state index >= 15 is 0 Å². The summed E-state index contributed by atoms with van der Waals surface area (Å²) < 4.78 is 14.0. The van der Waals surface area contributed by atoms with E-state index in [2.05, 4.69) is 35.1 Å². The first-order valence-electron chi connectivity index (χ1n) is 5.73. The fraction of sp³-hybridized carbons (Fsp3) is 0.538. The van der Waals surface area contributed by atoms with Gasteiger partial charge in [0.25, 0.3) is 0 Å². The molecule has 0 saturated carbocycles. The minimum Gasteiger partial charge on any atom is -0.313 e. The Hall–Kier alpha value is -0.410. The Bertz CT molecular complexity index is 341. The molecule has 0 aliphatic carbocycles. The molecular weight excluding hydrogens is 269 g/mol. The maximum atomic E-state index is 13.5.